The molecule has 5 rings (SSSR count). The second kappa shape index (κ2) is 20.3. The Bertz CT molecular complexity index is 1160. The minimum Gasteiger partial charge on any atom is -0.508 e. The smallest absolute Gasteiger partial charge is 0.119 e. The molecular weight excluding hydrogens is 496 g/mol. The fraction of sp³-hybridized carbons (Fsp3) is 0.167. The molecule has 4 N–H and O–H groups in total. The van der Waals surface area contributed by atoms with Gasteiger partial charge in [-0.05, 0) is 59.4 Å². The fourth-order valence-electron chi connectivity index (χ4n) is 3.19. The molecule has 0 radical (unpaired) electrons. The first-order valence-electron chi connectivity index (χ1n) is 13.3. The Kier molecular flexibility index (Phi) is 16.9. The van der Waals surface area contributed by atoms with Gasteiger partial charge in [0.05, 0.1) is 0 Å². The maximum Gasteiger partial charge on any atom is 0.119 e. The summed E-state index contributed by atoms with van der Waals surface area (Å²) in [7, 11) is 0. The van der Waals surface area contributed by atoms with Crippen molar-refractivity contribution in [1.29, 1.82) is 0 Å². The number of phenolic OH excluding ortho intramolecular Hbond substituents is 4. The molecule has 40 heavy (non-hydrogen) atoms. The number of aromatic hydroxyl groups is 4. The van der Waals surface area contributed by atoms with Crippen molar-refractivity contribution in [3.8, 4) is 23.0 Å². The third-order valence-corrected chi connectivity index (χ3v) is 5.30. The molecule has 5 aromatic rings. The predicted octanol–water partition coefficient (Wildman–Crippen LogP) is 9.50. The highest BCUT2D eigenvalue weighted by atomic mass is 16.3. The molecule has 0 saturated carbocycles. The van der Waals surface area contributed by atoms with Gasteiger partial charge in [0.1, 0.15) is 23.0 Å². The number of hydrogen-bond acceptors (Lipinski definition) is 4. The Hall–Kier alpha value is -4.70. The van der Waals surface area contributed by atoms with Gasteiger partial charge in [-0.2, -0.15) is 0 Å². The molecule has 0 aliphatic heterocycles. The maximum atomic E-state index is 9.28. The minimum atomic E-state index is 0.322. The molecule has 0 aliphatic carbocycles. The van der Waals surface area contributed by atoms with Crippen LogP contribution in [0.1, 0.15) is 50.7 Å². The largest absolute Gasteiger partial charge is 0.508 e. The van der Waals surface area contributed by atoms with Crippen LogP contribution in [0.5, 0.6) is 23.0 Å². The Balaban J connectivity index is 0.000000253. The SMILES string of the molecule is CC(C)c1ccccc1O.CC(C)c1ccccc1O.Oc1ccccc1.Oc1ccccc1.c1ccccc1. The number of hydrogen-bond donors (Lipinski definition) is 4. The zero-order chi connectivity index (χ0) is 29.6. The Morgan fingerprint density at radius 1 is 0.325 bits per heavy atom. The van der Waals surface area contributed by atoms with E-state index in [4.69, 9.17) is 10.2 Å². The summed E-state index contributed by atoms with van der Waals surface area (Å²) in [6.45, 7) is 8.26. The van der Waals surface area contributed by atoms with E-state index >= 15 is 0 Å². The molecule has 0 aliphatic rings. The van der Waals surface area contributed by atoms with E-state index in [1.165, 1.54) is 0 Å². The third kappa shape index (κ3) is 15.5. The van der Waals surface area contributed by atoms with Crippen LogP contribution in [0.2, 0.25) is 0 Å². The van der Waals surface area contributed by atoms with Gasteiger partial charge in [-0.1, -0.05) is 137 Å². The van der Waals surface area contributed by atoms with E-state index in [1.54, 1.807) is 60.7 Å². The topological polar surface area (TPSA) is 80.9 Å². The van der Waals surface area contributed by atoms with Crippen molar-refractivity contribution in [3.63, 3.8) is 0 Å². The van der Waals surface area contributed by atoms with E-state index in [0.29, 0.717) is 34.8 Å². The third-order valence-electron chi connectivity index (χ3n) is 5.30. The molecule has 0 amide bonds. The van der Waals surface area contributed by atoms with Gasteiger partial charge in [0.2, 0.25) is 0 Å². The molecule has 0 saturated heterocycles. The van der Waals surface area contributed by atoms with Crippen LogP contribution in [-0.4, -0.2) is 20.4 Å². The fourth-order valence-corrected chi connectivity index (χ4v) is 3.19. The van der Waals surface area contributed by atoms with Crippen LogP contribution in [-0.2, 0) is 0 Å². The van der Waals surface area contributed by atoms with Gasteiger partial charge < -0.3 is 20.4 Å². The van der Waals surface area contributed by atoms with Gasteiger partial charge in [0, 0.05) is 0 Å². The van der Waals surface area contributed by atoms with E-state index in [-0.39, 0.29) is 0 Å². The summed E-state index contributed by atoms with van der Waals surface area (Å²) in [5, 5.41) is 35.8. The van der Waals surface area contributed by atoms with Crippen LogP contribution in [0, 0.1) is 0 Å². The highest BCUT2D eigenvalue weighted by Gasteiger charge is 2.02. The summed E-state index contributed by atoms with van der Waals surface area (Å²) in [5.41, 5.74) is 2.03. The summed E-state index contributed by atoms with van der Waals surface area (Å²) in [6.07, 6.45) is 0. The van der Waals surface area contributed by atoms with Gasteiger partial charge >= 0.3 is 0 Å². The zero-order valence-electron chi connectivity index (χ0n) is 23.8. The highest BCUT2D eigenvalue weighted by molar-refractivity contribution is 5.34. The second-order valence-corrected chi connectivity index (χ2v) is 9.25. The lowest BCUT2D eigenvalue weighted by Gasteiger charge is -2.05. The van der Waals surface area contributed by atoms with E-state index in [9.17, 15) is 10.2 Å². The molecule has 0 fully saturated rings. The first-order valence-corrected chi connectivity index (χ1v) is 13.3. The van der Waals surface area contributed by atoms with Crippen molar-refractivity contribution in [2.45, 2.75) is 39.5 Å². The maximum absolute atomic E-state index is 9.28. The van der Waals surface area contributed by atoms with Crippen LogP contribution in [0.25, 0.3) is 0 Å². The predicted molar refractivity (Wildman–Crippen MR) is 167 cm³/mol. The van der Waals surface area contributed by atoms with Crippen LogP contribution in [0.4, 0.5) is 0 Å². The van der Waals surface area contributed by atoms with E-state index in [0.717, 1.165) is 11.1 Å². The second-order valence-electron chi connectivity index (χ2n) is 9.25. The van der Waals surface area contributed by atoms with Crippen molar-refractivity contribution in [1.82, 2.24) is 0 Å². The van der Waals surface area contributed by atoms with Gasteiger partial charge in [-0.15, -0.1) is 0 Å². The van der Waals surface area contributed by atoms with Gasteiger partial charge in [-0.3, -0.25) is 0 Å². The average molecular weight is 539 g/mol. The average Bonchev–Trinajstić information content (AvgIpc) is 2.96. The zero-order valence-corrected chi connectivity index (χ0v) is 23.8. The van der Waals surface area contributed by atoms with Gasteiger partial charge in [0.15, 0.2) is 0 Å². The van der Waals surface area contributed by atoms with Crippen LogP contribution in [0.3, 0.4) is 0 Å². The molecule has 4 nitrogen and oxygen atoms in total. The summed E-state index contributed by atoms with van der Waals surface area (Å²) >= 11 is 0. The number of benzene rings is 5. The Morgan fingerprint density at radius 3 is 0.725 bits per heavy atom. The summed E-state index contributed by atoms with van der Waals surface area (Å²) < 4.78 is 0. The molecule has 0 aromatic heterocycles. The molecule has 0 bridgehead atoms. The molecule has 5 aromatic carbocycles. The monoisotopic (exact) mass is 538 g/mol. The van der Waals surface area contributed by atoms with E-state index < -0.39 is 0 Å². The van der Waals surface area contributed by atoms with Crippen molar-refractivity contribution in [2.75, 3.05) is 0 Å². The molecule has 0 atom stereocenters. The van der Waals surface area contributed by atoms with Crippen molar-refractivity contribution in [2.24, 2.45) is 0 Å². The summed E-state index contributed by atoms with van der Waals surface area (Å²) in [6, 6.07) is 44.3. The first kappa shape index (κ1) is 33.3. The lowest BCUT2D eigenvalue weighted by molar-refractivity contribution is 0.464. The summed E-state index contributed by atoms with van der Waals surface area (Å²) in [5.74, 6) is 2.25. The van der Waals surface area contributed by atoms with E-state index in [2.05, 4.69) is 27.7 Å². The molecule has 0 spiro atoms. The molecule has 0 unspecified atom stereocenters. The highest BCUT2D eigenvalue weighted by Crippen LogP contribution is 2.24. The standard InChI is InChI=1S/2C9H12O.2C6H6O.C6H6/c2*1-7(2)8-5-3-4-6-9(8)10;2*7-6-4-2-1-3-5-6;1-2-4-6-5-3-1/h2*3-7,10H,1-2H3;2*1-5,7H;1-6H. The van der Waals surface area contributed by atoms with Crippen molar-refractivity contribution in [3.05, 3.63) is 157 Å². The normalized spacial score (nSPS) is 9.35. The molecule has 210 valence electrons. The lowest BCUT2D eigenvalue weighted by Crippen LogP contribution is -1.85. The van der Waals surface area contributed by atoms with Crippen molar-refractivity contribution >= 4 is 0 Å². The van der Waals surface area contributed by atoms with Crippen molar-refractivity contribution < 1.29 is 20.4 Å². The van der Waals surface area contributed by atoms with Gasteiger partial charge in [0.25, 0.3) is 0 Å². The number of rotatable bonds is 2. The lowest BCUT2D eigenvalue weighted by atomic mass is 10.0. The van der Waals surface area contributed by atoms with E-state index in [1.807, 2.05) is 84.9 Å². The van der Waals surface area contributed by atoms with Gasteiger partial charge in [-0.25, -0.2) is 0 Å². The van der Waals surface area contributed by atoms with Crippen LogP contribution >= 0.6 is 0 Å². The Morgan fingerprint density at radius 2 is 0.550 bits per heavy atom. The molecule has 4 heteroatoms. The molecular formula is C36H42O4. The van der Waals surface area contributed by atoms with Crippen LogP contribution in [0.15, 0.2) is 146 Å². The molecule has 0 heterocycles. The Labute approximate surface area is 239 Å². The first-order chi connectivity index (χ1) is 19.2. The number of para-hydroxylation sites is 4. The van der Waals surface area contributed by atoms with Crippen LogP contribution < -0.4 is 0 Å². The summed E-state index contributed by atoms with van der Waals surface area (Å²) in [4.78, 5) is 0. The number of phenols is 4. The minimum absolute atomic E-state index is 0.322. The quantitative estimate of drug-likeness (QED) is 0.180.